The zero-order valence-electron chi connectivity index (χ0n) is 41.2. The molecule has 3 aromatic heterocycles. The van der Waals surface area contributed by atoms with Gasteiger partial charge in [0.1, 0.15) is 40.1 Å². The lowest BCUT2D eigenvalue weighted by molar-refractivity contribution is 0.415. The zero-order chi connectivity index (χ0) is 51.9. The lowest BCUT2D eigenvalue weighted by atomic mass is 10.1. The fraction of sp³-hybridized carbons (Fsp3) is 0.111. The predicted molar refractivity (Wildman–Crippen MR) is 286 cm³/mol. The predicted octanol–water partition coefficient (Wildman–Crippen LogP) is 12.2. The second-order valence-electron chi connectivity index (χ2n) is 16.8. The van der Waals surface area contributed by atoms with Gasteiger partial charge in [-0.15, -0.1) is 25.6 Å². The smallest absolute Gasteiger partial charge is 0.259 e. The van der Waals surface area contributed by atoms with Gasteiger partial charge in [-0.05, 0) is 63.6 Å². The molecule has 0 atom stereocenters. The summed E-state index contributed by atoms with van der Waals surface area (Å²) < 4.78 is 13.7. The number of allylic oxidation sites excluding steroid dienone is 1. The third kappa shape index (κ3) is 10.4. The van der Waals surface area contributed by atoms with Crippen molar-refractivity contribution in [3.8, 4) is 45.9 Å². The molecule has 0 radical (unpaired) electrons. The van der Waals surface area contributed by atoms with Gasteiger partial charge in [-0.25, -0.2) is 0 Å². The number of benzene rings is 6. The van der Waals surface area contributed by atoms with Crippen LogP contribution in [0.25, 0.3) is 34.4 Å². The van der Waals surface area contributed by atoms with Gasteiger partial charge in [-0.2, -0.15) is 39.6 Å². The van der Waals surface area contributed by atoms with E-state index in [1.54, 1.807) is 49.6 Å². The number of hydrogen-bond donors (Lipinski definition) is 5. The van der Waals surface area contributed by atoms with Gasteiger partial charge < -0.3 is 32.0 Å². The molecule has 0 aliphatic heterocycles. The molecule has 0 fully saturated rings. The average Bonchev–Trinajstić information content (AvgIpc) is 3.93. The molecule has 20 nitrogen and oxygen atoms in total. The first kappa shape index (κ1) is 48.8. The van der Waals surface area contributed by atoms with Crippen molar-refractivity contribution in [1.82, 2.24) is 34.5 Å². The summed E-state index contributed by atoms with van der Waals surface area (Å²) in [6, 6.07) is 44.6. The number of azo groups is 3. The number of anilines is 3. The van der Waals surface area contributed by atoms with Crippen molar-refractivity contribution in [3.05, 3.63) is 185 Å². The third-order valence-corrected chi connectivity index (χ3v) is 11.6. The van der Waals surface area contributed by atoms with Crippen molar-refractivity contribution in [2.24, 2.45) is 36.4 Å². The van der Waals surface area contributed by atoms with Crippen LogP contribution in [0.3, 0.4) is 0 Å². The molecule has 3 heterocycles. The standard InChI is InChI=1S/C54H50N18O2/c1-31-19-25-35(26-20-31)43(55)46(66-64-39-15-9-11-17-41(39)73-5)49(56)59-52-60-53(71-50(57)47(67-63-38-14-8-7-13-34(38)4)44(69-71)36-27-21-32(2)22-28-36)62-54(61-52)72-51(58)48(45(70-72)37-29-23-33(3)24-30-37)68-65-40-16-10-12-18-42(40)74-6/h7-30,55H,56-58H2,1-6H3,(H,59,60,61,62)/b49-46+,55-43?,66-64+,67-63+,68-65+. The fourth-order valence-electron chi connectivity index (χ4n) is 7.45. The van der Waals surface area contributed by atoms with E-state index in [9.17, 15) is 5.41 Å². The number of aromatic nitrogens is 7. The topological polar surface area (TPSA) is 281 Å². The number of nitrogens with zero attached hydrogens (tertiary/aromatic N) is 13. The van der Waals surface area contributed by atoms with E-state index in [0.717, 1.165) is 22.3 Å². The van der Waals surface area contributed by atoms with Crippen molar-refractivity contribution in [1.29, 1.82) is 5.41 Å². The highest BCUT2D eigenvalue weighted by Crippen LogP contribution is 2.40. The number of methoxy groups -OCH3 is 2. The van der Waals surface area contributed by atoms with Crippen LogP contribution in [0.4, 0.5) is 46.0 Å². The van der Waals surface area contributed by atoms with Crippen LogP contribution in [0, 0.1) is 33.1 Å². The summed E-state index contributed by atoms with van der Waals surface area (Å²) in [5.41, 5.74) is 29.4. The largest absolute Gasteiger partial charge is 0.494 e. The molecule has 0 aliphatic rings. The normalized spacial score (nSPS) is 11.9. The lowest BCUT2D eigenvalue weighted by Gasteiger charge is -2.13. The number of hydrogen-bond acceptors (Lipinski definition) is 18. The van der Waals surface area contributed by atoms with E-state index < -0.39 is 0 Å². The van der Waals surface area contributed by atoms with Gasteiger partial charge in [-0.1, -0.05) is 132 Å². The molecule has 0 spiro atoms. The highest BCUT2D eigenvalue weighted by molar-refractivity contribution is 6.11. The van der Waals surface area contributed by atoms with Crippen molar-refractivity contribution >= 4 is 51.7 Å². The van der Waals surface area contributed by atoms with E-state index in [0.29, 0.717) is 56.6 Å². The molecule has 9 aromatic rings. The Morgan fingerprint density at radius 2 is 0.959 bits per heavy atom. The number of ether oxygens (including phenoxy) is 2. The average molecular weight is 983 g/mol. The minimum absolute atomic E-state index is 0.0137. The van der Waals surface area contributed by atoms with Crippen molar-refractivity contribution in [2.75, 3.05) is 31.0 Å². The molecule has 9 rings (SSSR count). The number of nitrogens with one attached hydrogen (secondary N) is 2. The Labute approximate surface area is 425 Å². The van der Waals surface area contributed by atoms with Gasteiger partial charge in [0, 0.05) is 16.7 Å². The van der Waals surface area contributed by atoms with Crippen LogP contribution in [0.5, 0.6) is 11.5 Å². The van der Waals surface area contributed by atoms with Crippen molar-refractivity contribution < 1.29 is 9.47 Å². The van der Waals surface area contributed by atoms with Crippen molar-refractivity contribution in [3.63, 3.8) is 0 Å². The zero-order valence-corrected chi connectivity index (χ0v) is 41.2. The summed E-state index contributed by atoms with van der Waals surface area (Å²) in [6.45, 7) is 7.86. The quantitative estimate of drug-likeness (QED) is 0.0448. The van der Waals surface area contributed by atoms with E-state index in [1.165, 1.54) is 16.5 Å². The van der Waals surface area contributed by atoms with E-state index in [4.69, 9.17) is 51.8 Å². The second-order valence-corrected chi connectivity index (χ2v) is 16.8. The van der Waals surface area contributed by atoms with Gasteiger partial charge >= 0.3 is 0 Å². The fourth-order valence-corrected chi connectivity index (χ4v) is 7.45. The Kier molecular flexibility index (Phi) is 14.1. The number of para-hydroxylation sites is 2. The van der Waals surface area contributed by atoms with Crippen molar-refractivity contribution in [2.45, 2.75) is 27.7 Å². The molecule has 368 valence electrons. The molecule has 6 aromatic carbocycles. The maximum absolute atomic E-state index is 9.39. The first-order valence-electron chi connectivity index (χ1n) is 23.1. The summed E-state index contributed by atoms with van der Waals surface area (Å²) in [6.07, 6.45) is 0. The summed E-state index contributed by atoms with van der Waals surface area (Å²) in [5, 5.41) is 49.8. The lowest BCUT2D eigenvalue weighted by Crippen LogP contribution is -2.20. The number of rotatable bonds is 16. The number of nitrogens with two attached hydrogens (primary N) is 3. The Hall–Kier alpha value is -10.2. The molecule has 74 heavy (non-hydrogen) atoms. The molecule has 0 amide bonds. The van der Waals surface area contributed by atoms with Crippen LogP contribution in [0.1, 0.15) is 27.8 Å². The molecule has 8 N–H and O–H groups in total. The van der Waals surface area contributed by atoms with E-state index in [1.807, 2.05) is 131 Å². The van der Waals surface area contributed by atoms with Crippen LogP contribution in [-0.4, -0.2) is 54.4 Å². The minimum atomic E-state index is -0.154. The molecule has 0 aliphatic carbocycles. The first-order chi connectivity index (χ1) is 35.9. The summed E-state index contributed by atoms with van der Waals surface area (Å²) in [4.78, 5) is 14.5. The minimum Gasteiger partial charge on any atom is -0.494 e. The molecule has 20 heteroatoms. The Bertz CT molecular complexity index is 3650. The highest BCUT2D eigenvalue weighted by atomic mass is 16.5. The Morgan fingerprint density at radius 1 is 0.527 bits per heavy atom. The van der Waals surface area contributed by atoms with Crippen LogP contribution >= 0.6 is 0 Å². The maximum Gasteiger partial charge on any atom is 0.259 e. The van der Waals surface area contributed by atoms with E-state index in [2.05, 4.69) is 36.0 Å². The summed E-state index contributed by atoms with van der Waals surface area (Å²) in [5.74, 6) is 0.483. The molecule has 0 unspecified atom stereocenters. The van der Waals surface area contributed by atoms with Crippen LogP contribution in [-0.2, 0) is 0 Å². The highest BCUT2D eigenvalue weighted by Gasteiger charge is 2.26. The van der Waals surface area contributed by atoms with E-state index in [-0.39, 0.29) is 58.1 Å². The van der Waals surface area contributed by atoms with Crippen LogP contribution in [0.15, 0.2) is 188 Å². The summed E-state index contributed by atoms with van der Waals surface area (Å²) >= 11 is 0. The summed E-state index contributed by atoms with van der Waals surface area (Å²) in [7, 11) is 3.08. The van der Waals surface area contributed by atoms with Gasteiger partial charge in [0.25, 0.3) is 11.9 Å². The SMILES string of the molecule is COc1ccccc1/N=N/C(C(=N)c1ccc(C)cc1)=C(\N)Nc1nc(-n2nc(-c3ccc(C)cc3)c(/N=N/c3ccccc3C)c2N)nc(-n2nc(-c3ccc(C)cc3)c(/N=N/c3ccccc3OC)c2N)n1. The second kappa shape index (κ2) is 21.4. The Balaban J connectivity index is 1.26. The van der Waals surface area contributed by atoms with E-state index >= 15 is 0 Å². The monoisotopic (exact) mass is 982 g/mol. The van der Waals surface area contributed by atoms with Gasteiger partial charge in [0.15, 0.2) is 28.7 Å². The molecule has 0 bridgehead atoms. The third-order valence-electron chi connectivity index (χ3n) is 11.6. The molecular weight excluding hydrogens is 933 g/mol. The Morgan fingerprint density at radius 3 is 1.45 bits per heavy atom. The van der Waals surface area contributed by atoms with Gasteiger partial charge in [0.2, 0.25) is 5.95 Å². The molecule has 0 saturated carbocycles. The van der Waals surface area contributed by atoms with Crippen LogP contribution in [0.2, 0.25) is 0 Å². The molecular formula is C54H50N18O2. The first-order valence-corrected chi connectivity index (χ1v) is 23.1. The maximum atomic E-state index is 9.39. The number of nitrogen functional groups attached to an aromatic ring is 2. The van der Waals surface area contributed by atoms with Gasteiger partial charge in [0.05, 0.1) is 25.6 Å². The molecule has 0 saturated heterocycles. The van der Waals surface area contributed by atoms with Crippen LogP contribution < -0.4 is 32.0 Å². The van der Waals surface area contributed by atoms with Gasteiger partial charge in [-0.3, -0.25) is 5.41 Å². The number of aryl methyl sites for hydroxylation is 4.